The molecule has 10 heteroatoms. The van der Waals surface area contributed by atoms with Crippen LogP contribution in [0.25, 0.3) is 21.3 Å². The van der Waals surface area contributed by atoms with Crippen LogP contribution in [0.15, 0.2) is 73.4 Å². The molecule has 208 valence electrons. The maximum absolute atomic E-state index is 14.1. The molecule has 2 aliphatic carbocycles. The van der Waals surface area contributed by atoms with Gasteiger partial charge < -0.3 is 27.8 Å². The minimum Gasteiger partial charge on any atom is -0.398 e. The maximum atomic E-state index is 14.1. The van der Waals surface area contributed by atoms with E-state index in [1.807, 2.05) is 36.4 Å². The van der Waals surface area contributed by atoms with Crippen LogP contribution in [0.1, 0.15) is 51.7 Å². The van der Waals surface area contributed by atoms with Gasteiger partial charge in [-0.15, -0.1) is 11.3 Å². The fourth-order valence-electron chi connectivity index (χ4n) is 6.07. The van der Waals surface area contributed by atoms with Gasteiger partial charge in [0.25, 0.3) is 5.91 Å². The first kappa shape index (κ1) is 26.8. The summed E-state index contributed by atoms with van der Waals surface area (Å²) in [6.45, 7) is 3.51. The van der Waals surface area contributed by atoms with Crippen molar-refractivity contribution in [2.45, 2.75) is 42.9 Å². The Morgan fingerprint density at radius 3 is 2.54 bits per heavy atom. The second-order valence-corrected chi connectivity index (χ2v) is 11.5. The van der Waals surface area contributed by atoms with Crippen molar-refractivity contribution >= 4 is 44.7 Å². The molecule has 2 unspecified atom stereocenters. The number of hydrogen-bond donors (Lipinski definition) is 5. The third-order valence-corrected chi connectivity index (χ3v) is 9.40. The SMILES string of the molecule is C=CC(=O)N[C@H]1CCC[C@H]1NC(=O)c1sc2c(N)ccc3c2c1C(N)C(=O)C3(N)c1ccnc(-c2ccccc2)c1. The molecule has 0 aliphatic heterocycles. The van der Waals surface area contributed by atoms with Crippen LogP contribution in [0, 0.1) is 0 Å². The molecular weight excluding hydrogens is 536 g/mol. The number of pyridine rings is 1. The number of nitrogens with zero attached hydrogens (tertiary/aromatic N) is 1. The highest BCUT2D eigenvalue weighted by Crippen LogP contribution is 2.49. The monoisotopic (exact) mass is 566 g/mol. The van der Waals surface area contributed by atoms with Gasteiger partial charge in [-0.1, -0.05) is 43.0 Å². The zero-order chi connectivity index (χ0) is 28.9. The summed E-state index contributed by atoms with van der Waals surface area (Å²) in [5.41, 5.74) is 22.0. The van der Waals surface area contributed by atoms with E-state index in [1.165, 1.54) is 17.4 Å². The number of Topliss-reactive ketones (excluding diaryl/α,β-unsaturated/α-hetero) is 1. The summed E-state index contributed by atoms with van der Waals surface area (Å²) in [6.07, 6.45) is 5.15. The minimum absolute atomic E-state index is 0.215. The minimum atomic E-state index is -1.58. The van der Waals surface area contributed by atoms with Crippen LogP contribution in [0.3, 0.4) is 0 Å². The van der Waals surface area contributed by atoms with E-state index in [1.54, 1.807) is 24.4 Å². The standard InChI is InChI=1S/C31H30N6O3S/c1-2-23(38)36-20-9-6-10-21(20)37-30(40)28-25-24-18(11-12-19(32)27(24)41-28)31(34,29(39)26(25)33)17-13-14-35-22(15-17)16-7-4-3-5-8-16/h2-5,7-8,11-15,20-21,26H,1,6,9-10,32-34H2,(H,36,38)(H,37,40)/t20-,21+,26?,31?/m0/s1. The number of carbonyl (C=O) groups is 3. The third kappa shape index (κ3) is 4.31. The molecule has 2 aromatic carbocycles. The van der Waals surface area contributed by atoms with Crippen molar-refractivity contribution in [3.63, 3.8) is 0 Å². The van der Waals surface area contributed by atoms with E-state index >= 15 is 0 Å². The van der Waals surface area contributed by atoms with E-state index < -0.39 is 17.4 Å². The van der Waals surface area contributed by atoms with Crippen LogP contribution in [-0.2, 0) is 15.1 Å². The summed E-state index contributed by atoms with van der Waals surface area (Å²) < 4.78 is 0.653. The maximum Gasteiger partial charge on any atom is 0.262 e. The Balaban J connectivity index is 1.44. The van der Waals surface area contributed by atoms with E-state index in [0.717, 1.165) is 18.4 Å². The van der Waals surface area contributed by atoms with Gasteiger partial charge in [-0.3, -0.25) is 19.4 Å². The molecule has 9 nitrogen and oxygen atoms in total. The summed E-state index contributed by atoms with van der Waals surface area (Å²) in [5.74, 6) is -1.07. The number of rotatable bonds is 6. The van der Waals surface area contributed by atoms with Gasteiger partial charge in [-0.2, -0.15) is 0 Å². The van der Waals surface area contributed by atoms with Crippen molar-refractivity contribution in [3.8, 4) is 11.3 Å². The Kier molecular flexibility index (Phi) is 6.69. The number of hydrogen-bond acceptors (Lipinski definition) is 8. The average Bonchev–Trinajstić information content (AvgIpc) is 3.61. The highest BCUT2D eigenvalue weighted by atomic mass is 32.1. The number of carbonyl (C=O) groups excluding carboxylic acids is 3. The van der Waals surface area contributed by atoms with Crippen molar-refractivity contribution in [2.24, 2.45) is 11.5 Å². The highest BCUT2D eigenvalue weighted by Gasteiger charge is 2.49. The lowest BCUT2D eigenvalue weighted by atomic mass is 9.70. The van der Waals surface area contributed by atoms with Crippen molar-refractivity contribution in [2.75, 3.05) is 5.73 Å². The molecule has 6 rings (SSSR count). The summed E-state index contributed by atoms with van der Waals surface area (Å²) in [5, 5.41) is 6.59. The topological polar surface area (TPSA) is 166 Å². The van der Waals surface area contributed by atoms with Gasteiger partial charge >= 0.3 is 0 Å². The third-order valence-electron chi connectivity index (χ3n) is 8.15. The quantitative estimate of drug-likeness (QED) is 0.176. The Labute approximate surface area is 240 Å². The van der Waals surface area contributed by atoms with Crippen molar-refractivity contribution in [1.82, 2.24) is 15.6 Å². The van der Waals surface area contributed by atoms with Gasteiger partial charge in [0.15, 0.2) is 5.78 Å². The molecule has 0 saturated heterocycles. The van der Waals surface area contributed by atoms with E-state index in [4.69, 9.17) is 17.2 Å². The van der Waals surface area contributed by atoms with Crippen LogP contribution in [0.5, 0.6) is 0 Å². The zero-order valence-electron chi connectivity index (χ0n) is 22.2. The second-order valence-electron chi connectivity index (χ2n) is 10.5. The summed E-state index contributed by atoms with van der Waals surface area (Å²) in [7, 11) is 0. The first-order valence-electron chi connectivity index (χ1n) is 13.4. The van der Waals surface area contributed by atoms with Crippen LogP contribution >= 0.6 is 11.3 Å². The smallest absolute Gasteiger partial charge is 0.262 e. The number of thiophene rings is 1. The number of nitrogens with one attached hydrogen (secondary N) is 2. The van der Waals surface area contributed by atoms with Crippen LogP contribution in [0.4, 0.5) is 5.69 Å². The predicted octanol–water partition coefficient (Wildman–Crippen LogP) is 3.28. The number of anilines is 1. The lowest BCUT2D eigenvalue weighted by Gasteiger charge is -2.36. The lowest BCUT2D eigenvalue weighted by molar-refractivity contribution is -0.124. The molecule has 2 aromatic heterocycles. The molecule has 4 aromatic rings. The molecular formula is C31H30N6O3S. The van der Waals surface area contributed by atoms with E-state index in [9.17, 15) is 14.4 Å². The molecule has 8 N–H and O–H groups in total. The number of nitrogen functional groups attached to an aromatic ring is 1. The summed E-state index contributed by atoms with van der Waals surface area (Å²) >= 11 is 1.20. The zero-order valence-corrected chi connectivity index (χ0v) is 23.0. The van der Waals surface area contributed by atoms with E-state index in [2.05, 4.69) is 22.2 Å². The molecule has 1 saturated carbocycles. The van der Waals surface area contributed by atoms with Crippen molar-refractivity contribution < 1.29 is 14.4 Å². The first-order valence-corrected chi connectivity index (χ1v) is 14.3. The Morgan fingerprint density at radius 2 is 1.80 bits per heavy atom. The van der Waals surface area contributed by atoms with Gasteiger partial charge in [0, 0.05) is 40.5 Å². The van der Waals surface area contributed by atoms with Crippen LogP contribution < -0.4 is 27.8 Å². The Hall–Kier alpha value is -4.38. The normalized spacial score (nSPS) is 23.4. The Bertz CT molecular complexity index is 1720. The molecule has 41 heavy (non-hydrogen) atoms. The molecule has 4 atom stereocenters. The van der Waals surface area contributed by atoms with E-state index in [0.29, 0.717) is 49.5 Å². The van der Waals surface area contributed by atoms with Gasteiger partial charge in [-0.05, 0) is 54.7 Å². The van der Waals surface area contributed by atoms with Crippen LogP contribution in [0.2, 0.25) is 0 Å². The predicted molar refractivity (Wildman–Crippen MR) is 160 cm³/mol. The molecule has 2 heterocycles. The highest BCUT2D eigenvalue weighted by molar-refractivity contribution is 7.21. The molecule has 2 aliphatic rings. The second kappa shape index (κ2) is 10.2. The summed E-state index contributed by atoms with van der Waals surface area (Å²) in [4.78, 5) is 44.5. The Morgan fingerprint density at radius 1 is 1.07 bits per heavy atom. The van der Waals surface area contributed by atoms with Gasteiger partial charge in [0.2, 0.25) is 5.91 Å². The molecule has 0 spiro atoms. The fourth-order valence-corrected chi connectivity index (χ4v) is 7.27. The number of benzene rings is 2. The van der Waals surface area contributed by atoms with Crippen molar-refractivity contribution in [3.05, 3.63) is 95.0 Å². The average molecular weight is 567 g/mol. The largest absolute Gasteiger partial charge is 0.398 e. The van der Waals surface area contributed by atoms with Crippen LogP contribution in [-0.4, -0.2) is 34.7 Å². The number of ketones is 1. The van der Waals surface area contributed by atoms with Gasteiger partial charge in [0.05, 0.1) is 21.3 Å². The number of nitrogens with two attached hydrogens (primary N) is 3. The first-order chi connectivity index (χ1) is 19.7. The molecule has 2 amide bonds. The lowest BCUT2D eigenvalue weighted by Crippen LogP contribution is -2.53. The van der Waals surface area contributed by atoms with Gasteiger partial charge in [-0.25, -0.2) is 0 Å². The van der Waals surface area contributed by atoms with Gasteiger partial charge in [0.1, 0.15) is 5.54 Å². The summed E-state index contributed by atoms with van der Waals surface area (Å²) in [6, 6.07) is 15.0. The molecule has 0 bridgehead atoms. The molecule has 0 radical (unpaired) electrons. The van der Waals surface area contributed by atoms with Crippen molar-refractivity contribution in [1.29, 1.82) is 0 Å². The number of aromatic nitrogens is 1. The fraction of sp³-hybridized carbons (Fsp3) is 0.226. The molecule has 1 fully saturated rings. The number of amides is 2. The van der Waals surface area contributed by atoms with E-state index in [-0.39, 0.29) is 23.9 Å².